The van der Waals surface area contributed by atoms with Gasteiger partial charge in [0.2, 0.25) is 6.54 Å². The van der Waals surface area contributed by atoms with Crippen LogP contribution >= 0.6 is 24.0 Å². The molecule has 2 aromatic rings. The van der Waals surface area contributed by atoms with Crippen molar-refractivity contribution in [2.75, 3.05) is 18.5 Å². The largest absolute Gasteiger partial charge is 0.330 e. The Balaban J connectivity index is 2.13. The first kappa shape index (κ1) is 16.5. The number of nitrogens with zero attached hydrogens (tertiary/aromatic N) is 2. The molecule has 2 aromatic carbocycles. The van der Waals surface area contributed by atoms with Crippen LogP contribution in [-0.2, 0) is 0 Å². The van der Waals surface area contributed by atoms with E-state index in [0.717, 1.165) is 11.3 Å². The fourth-order valence-electron chi connectivity index (χ4n) is 1.97. The van der Waals surface area contributed by atoms with Crippen LogP contribution in [-0.4, -0.2) is 22.8 Å². The first-order valence-corrected chi connectivity index (χ1v) is 8.03. The van der Waals surface area contributed by atoms with E-state index >= 15 is 0 Å². The summed E-state index contributed by atoms with van der Waals surface area (Å²) in [5.74, 6) is 0. The maximum absolute atomic E-state index is 10.9. The van der Waals surface area contributed by atoms with Crippen LogP contribution < -0.4 is 4.90 Å². The number of anilines is 1. The van der Waals surface area contributed by atoms with Crippen LogP contribution in [0.4, 0.5) is 5.69 Å². The molecule has 2 rings (SSSR count). The molecule has 0 fully saturated rings. The number of benzene rings is 2. The second-order valence-corrected chi connectivity index (χ2v) is 6.53. The van der Waals surface area contributed by atoms with Gasteiger partial charge in [0.25, 0.3) is 0 Å². The van der Waals surface area contributed by atoms with Crippen LogP contribution in [0.3, 0.4) is 0 Å². The van der Waals surface area contributed by atoms with Crippen LogP contribution in [0.2, 0.25) is 0 Å². The molecule has 0 aliphatic rings. The molecule has 0 saturated carbocycles. The van der Waals surface area contributed by atoms with Gasteiger partial charge in [0, 0.05) is 17.7 Å². The van der Waals surface area contributed by atoms with Gasteiger partial charge in [-0.1, -0.05) is 72.5 Å². The molecule has 0 heterocycles. The molecule has 6 heteroatoms. The topological polar surface area (TPSA) is 46.4 Å². The van der Waals surface area contributed by atoms with Crippen LogP contribution in [0.1, 0.15) is 10.8 Å². The van der Waals surface area contributed by atoms with E-state index in [1.54, 1.807) is 0 Å². The minimum Gasteiger partial charge on any atom is -0.330 e. The molecule has 0 amide bonds. The summed E-state index contributed by atoms with van der Waals surface area (Å²) in [5.41, 5.74) is 1.88. The summed E-state index contributed by atoms with van der Waals surface area (Å²) >= 11 is 6.80. The Kier molecular flexibility index (Phi) is 5.91. The van der Waals surface area contributed by atoms with E-state index in [9.17, 15) is 10.1 Å². The second kappa shape index (κ2) is 7.91. The Labute approximate surface area is 139 Å². The zero-order chi connectivity index (χ0) is 15.9. The highest BCUT2D eigenvalue weighted by atomic mass is 32.2. The molecular weight excluding hydrogens is 316 g/mol. The Morgan fingerprint density at radius 2 is 1.73 bits per heavy atom. The van der Waals surface area contributed by atoms with Crippen molar-refractivity contribution >= 4 is 34.0 Å². The predicted octanol–water partition coefficient (Wildman–Crippen LogP) is 4.16. The number of nitro groups is 1. The monoisotopic (exact) mass is 332 g/mol. The summed E-state index contributed by atoms with van der Waals surface area (Å²) < 4.78 is 0.613. The Bertz CT molecular complexity index is 635. The molecule has 1 unspecified atom stereocenters. The summed E-state index contributed by atoms with van der Waals surface area (Å²) in [7, 11) is 1.87. The lowest BCUT2D eigenvalue weighted by atomic mass is 10.1. The first-order chi connectivity index (χ1) is 10.6. The molecule has 0 aliphatic heterocycles. The normalized spacial score (nSPS) is 11.7. The second-order valence-electron chi connectivity index (χ2n) is 4.69. The van der Waals surface area contributed by atoms with Crippen LogP contribution in [0, 0.1) is 10.1 Å². The molecule has 22 heavy (non-hydrogen) atoms. The van der Waals surface area contributed by atoms with Gasteiger partial charge < -0.3 is 4.90 Å². The highest BCUT2D eigenvalue weighted by Gasteiger charge is 2.22. The van der Waals surface area contributed by atoms with Crippen molar-refractivity contribution in [2.24, 2.45) is 0 Å². The van der Waals surface area contributed by atoms with E-state index in [-0.39, 0.29) is 16.7 Å². The molecular formula is C16H16N2O2S2. The van der Waals surface area contributed by atoms with Gasteiger partial charge in [-0.15, -0.1) is 0 Å². The lowest BCUT2D eigenvalue weighted by Crippen LogP contribution is -2.23. The summed E-state index contributed by atoms with van der Waals surface area (Å²) in [6.07, 6.45) is 0. The number of thioether (sulfide) groups is 1. The third-order valence-electron chi connectivity index (χ3n) is 3.15. The standard InChI is InChI=1S/C16H16N2O2S2/c1-17(14-10-6-3-7-11-14)16(21)22-15(12-18(19)20)13-8-4-2-5-9-13/h2-11,15H,12H2,1H3. The number of para-hydroxylation sites is 1. The van der Waals surface area contributed by atoms with E-state index < -0.39 is 0 Å². The van der Waals surface area contributed by atoms with Crippen molar-refractivity contribution in [1.29, 1.82) is 0 Å². The zero-order valence-corrected chi connectivity index (χ0v) is 13.7. The molecule has 4 nitrogen and oxygen atoms in total. The van der Waals surface area contributed by atoms with Crippen molar-refractivity contribution in [3.05, 3.63) is 76.3 Å². The third kappa shape index (κ3) is 4.54. The summed E-state index contributed by atoms with van der Waals surface area (Å²) in [6, 6.07) is 19.2. The zero-order valence-electron chi connectivity index (χ0n) is 12.1. The van der Waals surface area contributed by atoms with Gasteiger partial charge in [-0.25, -0.2) is 0 Å². The quantitative estimate of drug-likeness (QED) is 0.467. The van der Waals surface area contributed by atoms with Crippen molar-refractivity contribution in [3.8, 4) is 0 Å². The number of hydrogen-bond donors (Lipinski definition) is 0. The van der Waals surface area contributed by atoms with Crippen LogP contribution in [0.15, 0.2) is 60.7 Å². The average Bonchev–Trinajstić information content (AvgIpc) is 2.54. The average molecular weight is 332 g/mol. The van der Waals surface area contributed by atoms with Crippen LogP contribution in [0.25, 0.3) is 0 Å². The predicted molar refractivity (Wildman–Crippen MR) is 96.1 cm³/mol. The van der Waals surface area contributed by atoms with Gasteiger partial charge in [0.1, 0.15) is 9.57 Å². The fourth-order valence-corrected chi connectivity index (χ4v) is 3.42. The highest BCUT2D eigenvalue weighted by Crippen LogP contribution is 2.32. The van der Waals surface area contributed by atoms with Gasteiger partial charge in [-0.2, -0.15) is 0 Å². The Morgan fingerprint density at radius 1 is 1.18 bits per heavy atom. The van der Waals surface area contributed by atoms with Gasteiger partial charge in [0.15, 0.2) is 0 Å². The molecule has 0 spiro atoms. The van der Waals surface area contributed by atoms with Gasteiger partial charge >= 0.3 is 0 Å². The summed E-state index contributed by atoms with van der Waals surface area (Å²) in [5, 5.41) is 10.6. The minimum absolute atomic E-state index is 0.155. The maximum Gasteiger partial charge on any atom is 0.220 e. The van der Waals surface area contributed by atoms with Gasteiger partial charge in [0.05, 0.1) is 0 Å². The molecule has 1 atom stereocenters. The van der Waals surface area contributed by atoms with E-state index in [1.165, 1.54) is 11.8 Å². The third-order valence-corrected chi connectivity index (χ3v) is 4.89. The van der Waals surface area contributed by atoms with E-state index in [4.69, 9.17) is 12.2 Å². The van der Waals surface area contributed by atoms with Crippen molar-refractivity contribution in [1.82, 2.24) is 0 Å². The van der Waals surface area contributed by atoms with Crippen LogP contribution in [0.5, 0.6) is 0 Å². The Hall–Kier alpha value is -1.92. The van der Waals surface area contributed by atoms with Gasteiger partial charge in [-0.05, 0) is 17.7 Å². The number of hydrogen-bond acceptors (Lipinski definition) is 4. The molecule has 0 aromatic heterocycles. The lowest BCUT2D eigenvalue weighted by molar-refractivity contribution is -0.479. The van der Waals surface area contributed by atoms with E-state index in [0.29, 0.717) is 4.32 Å². The molecule has 114 valence electrons. The molecule has 0 aliphatic carbocycles. The van der Waals surface area contributed by atoms with E-state index in [1.807, 2.05) is 72.6 Å². The van der Waals surface area contributed by atoms with Crippen molar-refractivity contribution in [2.45, 2.75) is 5.25 Å². The number of thiocarbonyl (C=S) groups is 1. The van der Waals surface area contributed by atoms with Crippen molar-refractivity contribution in [3.63, 3.8) is 0 Å². The molecule has 0 bridgehead atoms. The van der Waals surface area contributed by atoms with Crippen molar-refractivity contribution < 1.29 is 4.92 Å². The summed E-state index contributed by atoms with van der Waals surface area (Å²) in [4.78, 5) is 12.5. The lowest BCUT2D eigenvalue weighted by Gasteiger charge is -2.22. The maximum atomic E-state index is 10.9. The first-order valence-electron chi connectivity index (χ1n) is 6.74. The molecule has 0 N–H and O–H groups in total. The minimum atomic E-state index is -0.296. The smallest absolute Gasteiger partial charge is 0.220 e. The summed E-state index contributed by atoms with van der Waals surface area (Å²) in [6.45, 7) is -0.155. The fraction of sp³-hybridized carbons (Fsp3) is 0.188. The van der Waals surface area contributed by atoms with Gasteiger partial charge in [-0.3, -0.25) is 10.1 Å². The molecule has 0 radical (unpaired) electrons. The Morgan fingerprint density at radius 3 is 2.27 bits per heavy atom. The SMILES string of the molecule is CN(C(=S)SC(C[N+](=O)[O-])c1ccccc1)c1ccccc1. The van der Waals surface area contributed by atoms with E-state index in [2.05, 4.69) is 0 Å². The molecule has 0 saturated heterocycles. The number of rotatable bonds is 5. The highest BCUT2D eigenvalue weighted by molar-refractivity contribution is 8.23.